The van der Waals surface area contributed by atoms with E-state index in [2.05, 4.69) is 5.32 Å². The molecule has 0 spiro atoms. The summed E-state index contributed by atoms with van der Waals surface area (Å²) < 4.78 is 0. The Hall–Kier alpha value is -2.08. The standard InChI is InChI=1S/C13H17NO5/c1-13(19,7-12(17)18)8-14-11(16)6-9-2-4-10(15)5-3-9/h2-5,15,19H,6-8H2,1H3,(H,14,16)(H,17,18). The quantitative estimate of drug-likeness (QED) is 0.592. The molecule has 0 radical (unpaired) electrons. The number of aliphatic carboxylic acids is 1. The third kappa shape index (κ3) is 5.87. The van der Waals surface area contributed by atoms with Gasteiger partial charge in [-0.1, -0.05) is 12.1 Å². The molecule has 6 nitrogen and oxygen atoms in total. The van der Waals surface area contributed by atoms with Crippen LogP contribution in [0.5, 0.6) is 5.75 Å². The van der Waals surface area contributed by atoms with Crippen molar-refractivity contribution in [2.45, 2.75) is 25.4 Å². The number of nitrogens with one attached hydrogen (secondary N) is 1. The minimum Gasteiger partial charge on any atom is -0.508 e. The first kappa shape index (κ1) is 15.0. The van der Waals surface area contributed by atoms with E-state index < -0.39 is 18.0 Å². The van der Waals surface area contributed by atoms with Crippen LogP contribution in [0.2, 0.25) is 0 Å². The summed E-state index contributed by atoms with van der Waals surface area (Å²) in [6, 6.07) is 6.18. The van der Waals surface area contributed by atoms with Crippen LogP contribution >= 0.6 is 0 Å². The van der Waals surface area contributed by atoms with Crippen LogP contribution in [0.4, 0.5) is 0 Å². The SMILES string of the molecule is CC(O)(CNC(=O)Cc1ccc(O)cc1)CC(=O)O. The summed E-state index contributed by atoms with van der Waals surface area (Å²) in [7, 11) is 0. The summed E-state index contributed by atoms with van der Waals surface area (Å²) in [4.78, 5) is 22.1. The number of carboxylic acids is 1. The number of amides is 1. The first-order valence-electron chi connectivity index (χ1n) is 5.77. The van der Waals surface area contributed by atoms with Gasteiger partial charge in [0.15, 0.2) is 0 Å². The van der Waals surface area contributed by atoms with Crippen molar-refractivity contribution in [2.75, 3.05) is 6.54 Å². The van der Waals surface area contributed by atoms with E-state index in [1.807, 2.05) is 0 Å². The number of rotatable bonds is 6. The van der Waals surface area contributed by atoms with E-state index in [0.29, 0.717) is 5.56 Å². The molecule has 0 saturated heterocycles. The summed E-state index contributed by atoms with van der Waals surface area (Å²) in [6.45, 7) is 1.22. The molecule has 0 bridgehead atoms. The fourth-order valence-corrected chi connectivity index (χ4v) is 1.54. The second-order valence-electron chi connectivity index (χ2n) is 4.69. The highest BCUT2D eigenvalue weighted by atomic mass is 16.4. The number of aromatic hydroxyl groups is 1. The molecule has 19 heavy (non-hydrogen) atoms. The largest absolute Gasteiger partial charge is 0.508 e. The van der Waals surface area contributed by atoms with E-state index in [1.165, 1.54) is 19.1 Å². The molecule has 0 fully saturated rings. The molecule has 1 unspecified atom stereocenters. The molecular formula is C13H17NO5. The van der Waals surface area contributed by atoms with Crippen LogP contribution in [0.1, 0.15) is 18.9 Å². The van der Waals surface area contributed by atoms with Gasteiger partial charge >= 0.3 is 5.97 Å². The number of carbonyl (C=O) groups is 2. The summed E-state index contributed by atoms with van der Waals surface area (Å²) in [6.07, 6.45) is -0.337. The van der Waals surface area contributed by atoms with Crippen LogP contribution in [0.15, 0.2) is 24.3 Å². The lowest BCUT2D eigenvalue weighted by Crippen LogP contribution is -2.42. The maximum absolute atomic E-state index is 11.6. The average Bonchev–Trinajstić information content (AvgIpc) is 2.28. The van der Waals surface area contributed by atoms with Gasteiger partial charge in [-0.25, -0.2) is 0 Å². The highest BCUT2D eigenvalue weighted by Gasteiger charge is 2.24. The minimum absolute atomic E-state index is 0.101. The Balaban J connectivity index is 2.43. The Morgan fingerprint density at radius 2 is 1.84 bits per heavy atom. The molecular weight excluding hydrogens is 250 g/mol. The Bertz CT molecular complexity index is 453. The van der Waals surface area contributed by atoms with Gasteiger partial charge in [-0.05, 0) is 24.6 Å². The molecule has 1 atom stereocenters. The lowest BCUT2D eigenvalue weighted by Gasteiger charge is -2.21. The summed E-state index contributed by atoms with van der Waals surface area (Å²) in [5.74, 6) is -1.33. The molecule has 1 aromatic carbocycles. The maximum atomic E-state index is 11.6. The number of phenols is 1. The van der Waals surface area contributed by atoms with E-state index in [0.717, 1.165) is 0 Å². The van der Waals surface area contributed by atoms with Crippen LogP contribution in [-0.4, -0.2) is 39.3 Å². The number of aliphatic hydroxyl groups is 1. The van der Waals surface area contributed by atoms with Gasteiger partial charge in [0.05, 0.1) is 18.4 Å². The zero-order valence-corrected chi connectivity index (χ0v) is 10.6. The molecule has 104 valence electrons. The van der Waals surface area contributed by atoms with E-state index in [-0.39, 0.29) is 24.6 Å². The second-order valence-corrected chi connectivity index (χ2v) is 4.69. The fraction of sp³-hybridized carbons (Fsp3) is 0.385. The second kappa shape index (κ2) is 6.19. The van der Waals surface area contributed by atoms with Crippen molar-refractivity contribution in [3.8, 4) is 5.75 Å². The fourth-order valence-electron chi connectivity index (χ4n) is 1.54. The average molecular weight is 267 g/mol. The first-order valence-corrected chi connectivity index (χ1v) is 5.77. The van der Waals surface area contributed by atoms with Crippen molar-refractivity contribution in [3.05, 3.63) is 29.8 Å². The normalized spacial score (nSPS) is 13.6. The third-order valence-corrected chi connectivity index (χ3v) is 2.50. The van der Waals surface area contributed by atoms with Crippen LogP contribution in [-0.2, 0) is 16.0 Å². The van der Waals surface area contributed by atoms with Crippen molar-refractivity contribution in [1.82, 2.24) is 5.32 Å². The summed E-state index contributed by atoms with van der Waals surface area (Å²) in [5, 5.41) is 29.9. The molecule has 1 amide bonds. The minimum atomic E-state index is -1.48. The predicted molar refractivity (Wildman–Crippen MR) is 67.7 cm³/mol. The summed E-state index contributed by atoms with van der Waals surface area (Å²) in [5.41, 5.74) is -0.760. The molecule has 1 aromatic rings. The summed E-state index contributed by atoms with van der Waals surface area (Å²) >= 11 is 0. The Morgan fingerprint density at radius 1 is 1.26 bits per heavy atom. The molecule has 0 aromatic heterocycles. The lowest BCUT2D eigenvalue weighted by molar-refractivity contribution is -0.142. The van der Waals surface area contributed by atoms with E-state index in [4.69, 9.17) is 10.2 Å². The van der Waals surface area contributed by atoms with Crippen LogP contribution in [0.3, 0.4) is 0 Å². The monoisotopic (exact) mass is 267 g/mol. The molecule has 6 heteroatoms. The molecule has 4 N–H and O–H groups in total. The predicted octanol–water partition coefficient (Wildman–Crippen LogP) is 0.277. The Morgan fingerprint density at radius 3 is 2.37 bits per heavy atom. The number of benzene rings is 1. The lowest BCUT2D eigenvalue weighted by atomic mass is 10.0. The molecule has 0 heterocycles. The van der Waals surface area contributed by atoms with Gasteiger partial charge in [0.1, 0.15) is 5.75 Å². The number of carboxylic acid groups (broad SMARTS) is 1. The third-order valence-electron chi connectivity index (χ3n) is 2.50. The maximum Gasteiger partial charge on any atom is 0.306 e. The van der Waals surface area contributed by atoms with Crippen molar-refractivity contribution in [1.29, 1.82) is 0 Å². The van der Waals surface area contributed by atoms with Gasteiger partial charge < -0.3 is 20.6 Å². The molecule has 0 saturated carbocycles. The highest BCUT2D eigenvalue weighted by Crippen LogP contribution is 2.10. The van der Waals surface area contributed by atoms with Crippen LogP contribution < -0.4 is 5.32 Å². The smallest absolute Gasteiger partial charge is 0.306 e. The van der Waals surface area contributed by atoms with Gasteiger partial charge in [-0.15, -0.1) is 0 Å². The molecule has 0 aliphatic carbocycles. The van der Waals surface area contributed by atoms with Gasteiger partial charge in [0, 0.05) is 6.54 Å². The first-order chi connectivity index (χ1) is 8.78. The van der Waals surface area contributed by atoms with Crippen LogP contribution in [0.25, 0.3) is 0 Å². The number of hydrogen-bond donors (Lipinski definition) is 4. The number of phenolic OH excluding ortho intramolecular Hbond substituents is 1. The highest BCUT2D eigenvalue weighted by molar-refractivity contribution is 5.78. The van der Waals surface area contributed by atoms with Gasteiger partial charge in [0.25, 0.3) is 0 Å². The van der Waals surface area contributed by atoms with Crippen molar-refractivity contribution >= 4 is 11.9 Å². The van der Waals surface area contributed by atoms with Crippen molar-refractivity contribution < 1.29 is 24.9 Å². The zero-order valence-electron chi connectivity index (χ0n) is 10.6. The van der Waals surface area contributed by atoms with E-state index in [1.54, 1.807) is 12.1 Å². The molecule has 0 aliphatic heterocycles. The van der Waals surface area contributed by atoms with Gasteiger partial charge in [-0.3, -0.25) is 9.59 Å². The van der Waals surface area contributed by atoms with Crippen molar-refractivity contribution in [3.63, 3.8) is 0 Å². The Kier molecular flexibility index (Phi) is 4.88. The van der Waals surface area contributed by atoms with Gasteiger partial charge in [0.2, 0.25) is 5.91 Å². The van der Waals surface area contributed by atoms with Gasteiger partial charge in [-0.2, -0.15) is 0 Å². The molecule has 1 rings (SSSR count). The Labute approximate surface area is 110 Å². The van der Waals surface area contributed by atoms with Crippen molar-refractivity contribution in [2.24, 2.45) is 0 Å². The van der Waals surface area contributed by atoms with Crippen LogP contribution in [0, 0.1) is 0 Å². The number of carbonyl (C=O) groups excluding carboxylic acids is 1. The van der Waals surface area contributed by atoms with E-state index in [9.17, 15) is 14.7 Å². The zero-order chi connectivity index (χ0) is 14.5. The topological polar surface area (TPSA) is 107 Å². The molecule has 0 aliphatic rings. The number of hydrogen-bond acceptors (Lipinski definition) is 4. The van der Waals surface area contributed by atoms with E-state index >= 15 is 0 Å².